The highest BCUT2D eigenvalue weighted by Crippen LogP contribution is 2.43. The molecule has 55 heavy (non-hydrogen) atoms. The maximum Gasteiger partial charge on any atom is 0.472 e. The molecule has 0 radical (unpaired) electrons. The predicted octanol–water partition coefficient (Wildman–Crippen LogP) is 9.36. The van der Waals surface area contributed by atoms with Gasteiger partial charge in [-0.15, -0.1) is 0 Å². The molecule has 2 unspecified atom stereocenters. The van der Waals surface area contributed by atoms with Crippen molar-refractivity contribution in [3.05, 3.63) is 60.8 Å². The molecule has 0 rings (SSSR count). The number of carbonyl (C=O) groups excluding carboxylic acids is 2. The number of hydrogen-bond acceptors (Lipinski definition) is 10. The predicted molar refractivity (Wildman–Crippen MR) is 218 cm³/mol. The van der Waals surface area contributed by atoms with Crippen LogP contribution in [0.3, 0.4) is 0 Å². The second kappa shape index (κ2) is 36.8. The molecule has 12 nitrogen and oxygen atoms in total. The van der Waals surface area contributed by atoms with Crippen molar-refractivity contribution in [2.24, 2.45) is 5.73 Å². The van der Waals surface area contributed by atoms with Gasteiger partial charge in [0, 0.05) is 12.8 Å². The summed E-state index contributed by atoms with van der Waals surface area (Å²) in [5.74, 6) is -2.49. The number of rotatable bonds is 37. The Kier molecular flexibility index (Phi) is 34.8. The summed E-state index contributed by atoms with van der Waals surface area (Å²) < 4.78 is 32.5. The fraction of sp³-hybridized carbons (Fsp3) is 0.690. The number of esters is 2. The molecule has 4 atom stereocenters. The average Bonchev–Trinajstić information content (AvgIpc) is 3.15. The number of phosphoric acid groups is 1. The first-order valence-electron chi connectivity index (χ1n) is 20.4. The third-order valence-electron chi connectivity index (χ3n) is 8.35. The lowest BCUT2D eigenvalue weighted by molar-refractivity contribution is -0.161. The van der Waals surface area contributed by atoms with Crippen molar-refractivity contribution in [1.29, 1.82) is 0 Å². The van der Waals surface area contributed by atoms with Crippen LogP contribution in [0.4, 0.5) is 0 Å². The molecule has 0 fully saturated rings. The van der Waals surface area contributed by atoms with E-state index in [4.69, 9.17) is 24.8 Å². The lowest BCUT2D eigenvalue weighted by Gasteiger charge is -2.20. The highest BCUT2D eigenvalue weighted by molar-refractivity contribution is 7.47. The zero-order valence-electron chi connectivity index (χ0n) is 33.6. The molecule has 0 aliphatic rings. The van der Waals surface area contributed by atoms with Crippen molar-refractivity contribution >= 4 is 25.7 Å². The summed E-state index contributed by atoms with van der Waals surface area (Å²) in [6, 6.07) is -1.54. The van der Waals surface area contributed by atoms with E-state index in [1.807, 2.05) is 55.5 Å². The Balaban J connectivity index is 4.55. The lowest BCUT2D eigenvalue weighted by Crippen LogP contribution is -2.34. The molecule has 13 heteroatoms. The van der Waals surface area contributed by atoms with Crippen LogP contribution in [-0.4, -0.2) is 71.1 Å². The number of phosphoric ester groups is 1. The Morgan fingerprint density at radius 2 is 1.22 bits per heavy atom. The number of ether oxygens (including phenoxy) is 2. The number of aliphatic carboxylic acids is 1. The molecule has 316 valence electrons. The molecule has 0 aliphatic carbocycles. The zero-order valence-corrected chi connectivity index (χ0v) is 34.5. The monoisotopic (exact) mass is 797 g/mol. The third kappa shape index (κ3) is 36.5. The van der Waals surface area contributed by atoms with Crippen LogP contribution in [-0.2, 0) is 37.5 Å². The molecular formula is C42H72NO11P. The van der Waals surface area contributed by atoms with E-state index in [0.29, 0.717) is 25.7 Å². The molecule has 0 amide bonds. The molecular weight excluding hydrogens is 725 g/mol. The Morgan fingerprint density at radius 1 is 0.673 bits per heavy atom. The highest BCUT2D eigenvalue weighted by atomic mass is 31.2. The molecule has 0 saturated carbocycles. The number of carboxylic acids is 1. The number of carboxylic acid groups (broad SMARTS) is 1. The van der Waals surface area contributed by atoms with E-state index >= 15 is 0 Å². The van der Waals surface area contributed by atoms with Crippen LogP contribution >= 0.6 is 7.82 Å². The van der Waals surface area contributed by atoms with Crippen LogP contribution < -0.4 is 5.73 Å². The van der Waals surface area contributed by atoms with Gasteiger partial charge in [-0.25, -0.2) is 4.57 Å². The standard InChI is InChI=1S/C42H72NO11P/c1-3-5-7-8-9-10-11-12-16-19-22-25-28-32-40(45)51-34-38(35-52-55(49,50)53-36-39(43)42(47)48)54-41(46)33-29-26-23-20-17-14-13-15-18-21-24-27-31-37(44)30-6-4-2/h6,13-14,18,20-21,23-24,27,30,37-39,44H,3-5,7-12,15-17,19,22,25-26,28-29,31-36,43H2,1-2H3,(H,47,48)(H,49,50)/b14-13-,21-18-,23-20-,27-24+,30-6-/t37?,38-,39+/m1/s1. The smallest absolute Gasteiger partial charge is 0.472 e. The second-order valence-electron chi connectivity index (χ2n) is 13.6. The second-order valence-corrected chi connectivity index (χ2v) is 15.0. The van der Waals surface area contributed by atoms with E-state index in [0.717, 1.165) is 38.5 Å². The van der Waals surface area contributed by atoms with Crippen LogP contribution in [0.15, 0.2) is 60.8 Å². The van der Waals surface area contributed by atoms with Crippen LogP contribution in [0.1, 0.15) is 149 Å². The van der Waals surface area contributed by atoms with Crippen molar-refractivity contribution in [3.63, 3.8) is 0 Å². The number of aliphatic hydroxyl groups excluding tert-OH is 1. The Hall–Kier alpha value is -2.86. The third-order valence-corrected chi connectivity index (χ3v) is 9.31. The summed E-state index contributed by atoms with van der Waals surface area (Å²) in [6.45, 7) is 2.48. The van der Waals surface area contributed by atoms with E-state index < -0.39 is 57.2 Å². The van der Waals surface area contributed by atoms with Crippen LogP contribution in [0.25, 0.3) is 0 Å². The van der Waals surface area contributed by atoms with Gasteiger partial charge in [0.1, 0.15) is 12.6 Å². The molecule has 5 N–H and O–H groups in total. The first-order chi connectivity index (χ1) is 26.5. The highest BCUT2D eigenvalue weighted by Gasteiger charge is 2.28. The van der Waals surface area contributed by atoms with Gasteiger partial charge < -0.3 is 30.3 Å². The van der Waals surface area contributed by atoms with Gasteiger partial charge in [-0.3, -0.25) is 23.4 Å². The fourth-order valence-corrected chi connectivity index (χ4v) is 5.90. The van der Waals surface area contributed by atoms with E-state index in [-0.39, 0.29) is 19.4 Å². The Bertz CT molecular complexity index is 1180. The fourth-order valence-electron chi connectivity index (χ4n) is 5.12. The van der Waals surface area contributed by atoms with Crippen LogP contribution in [0, 0.1) is 0 Å². The summed E-state index contributed by atoms with van der Waals surface area (Å²) in [4.78, 5) is 45.8. The summed E-state index contributed by atoms with van der Waals surface area (Å²) in [7, 11) is -4.74. The van der Waals surface area contributed by atoms with Crippen molar-refractivity contribution in [1.82, 2.24) is 0 Å². The summed E-state index contributed by atoms with van der Waals surface area (Å²) in [5, 5.41) is 18.6. The summed E-state index contributed by atoms with van der Waals surface area (Å²) in [5.41, 5.74) is 5.32. The molecule has 0 bridgehead atoms. The Labute approximate surface area is 330 Å². The topological polar surface area (TPSA) is 192 Å². The molecule has 0 aromatic heterocycles. The molecule has 0 saturated heterocycles. The van der Waals surface area contributed by atoms with Gasteiger partial charge in [-0.2, -0.15) is 0 Å². The molecule has 0 aromatic rings. The number of carbonyl (C=O) groups is 3. The van der Waals surface area contributed by atoms with Crippen molar-refractivity contribution in [2.75, 3.05) is 19.8 Å². The summed E-state index contributed by atoms with van der Waals surface area (Å²) >= 11 is 0. The molecule has 0 aliphatic heterocycles. The molecule has 0 heterocycles. The zero-order chi connectivity index (χ0) is 40.8. The average molecular weight is 798 g/mol. The van der Waals surface area contributed by atoms with Gasteiger partial charge in [-0.05, 0) is 44.9 Å². The van der Waals surface area contributed by atoms with Gasteiger partial charge in [0.05, 0.1) is 19.3 Å². The maximum absolute atomic E-state index is 12.6. The van der Waals surface area contributed by atoms with Crippen LogP contribution in [0.2, 0.25) is 0 Å². The Morgan fingerprint density at radius 3 is 1.84 bits per heavy atom. The van der Waals surface area contributed by atoms with Crippen LogP contribution in [0.5, 0.6) is 0 Å². The number of hydrogen-bond donors (Lipinski definition) is 4. The number of aliphatic hydroxyl groups is 1. The van der Waals surface area contributed by atoms with Gasteiger partial charge in [-0.1, -0.05) is 152 Å². The van der Waals surface area contributed by atoms with Gasteiger partial charge >= 0.3 is 25.7 Å². The molecule has 0 aromatic carbocycles. The van der Waals surface area contributed by atoms with E-state index in [1.165, 1.54) is 57.8 Å². The van der Waals surface area contributed by atoms with E-state index in [2.05, 4.69) is 17.5 Å². The largest absolute Gasteiger partial charge is 0.480 e. The minimum Gasteiger partial charge on any atom is -0.480 e. The SMILES string of the molecule is CC/C=C\C(O)C/C=C/C=C\C/C=C\C/C=C\CCCC(=O)O[C@H](COC(=O)CCCCCCCCCCCCCCC)COP(=O)(O)OC[C@H](N)C(=O)O. The number of allylic oxidation sites excluding steroid dienone is 8. The van der Waals surface area contributed by atoms with E-state index in [1.54, 1.807) is 6.08 Å². The first kappa shape index (κ1) is 52.1. The lowest BCUT2D eigenvalue weighted by atomic mass is 10.0. The number of nitrogens with two attached hydrogens (primary N) is 1. The minimum absolute atomic E-state index is 0.0641. The van der Waals surface area contributed by atoms with Gasteiger partial charge in [0.25, 0.3) is 0 Å². The van der Waals surface area contributed by atoms with Gasteiger partial charge in [0.15, 0.2) is 6.10 Å². The first-order valence-corrected chi connectivity index (χ1v) is 21.9. The van der Waals surface area contributed by atoms with Crippen molar-refractivity contribution < 1.29 is 52.6 Å². The minimum atomic E-state index is -4.74. The van der Waals surface area contributed by atoms with Crippen molar-refractivity contribution in [3.8, 4) is 0 Å². The van der Waals surface area contributed by atoms with E-state index in [9.17, 15) is 28.9 Å². The molecule has 0 spiro atoms. The van der Waals surface area contributed by atoms with Gasteiger partial charge in [0.2, 0.25) is 0 Å². The normalized spacial score (nSPS) is 15.0. The quantitative estimate of drug-likeness (QED) is 0.0153. The maximum atomic E-state index is 12.6. The number of unbranched alkanes of at least 4 members (excludes halogenated alkanes) is 13. The van der Waals surface area contributed by atoms with Crippen molar-refractivity contribution in [2.45, 2.75) is 167 Å². The summed E-state index contributed by atoms with van der Waals surface area (Å²) in [6.07, 6.45) is 37.8.